The maximum absolute atomic E-state index is 11.7. The van der Waals surface area contributed by atoms with E-state index in [-0.39, 0.29) is 17.4 Å². The van der Waals surface area contributed by atoms with Crippen molar-refractivity contribution >= 4 is 11.7 Å². The van der Waals surface area contributed by atoms with E-state index in [0.29, 0.717) is 11.5 Å². The molecule has 1 aliphatic carbocycles. The van der Waals surface area contributed by atoms with Crippen LogP contribution >= 0.6 is 0 Å². The Morgan fingerprint density at radius 1 is 1.50 bits per heavy atom. The molecule has 6 nitrogen and oxygen atoms in total. The second-order valence-electron chi connectivity index (χ2n) is 4.65. The molecule has 1 atom stereocenters. The fourth-order valence-electron chi connectivity index (χ4n) is 1.47. The lowest BCUT2D eigenvalue weighted by atomic mass is 10.2. The van der Waals surface area contributed by atoms with Gasteiger partial charge in [0.1, 0.15) is 5.69 Å². The highest BCUT2D eigenvalue weighted by molar-refractivity contribution is 5.92. The van der Waals surface area contributed by atoms with E-state index in [0.717, 1.165) is 6.42 Å². The SMILES string of the molecule is CC1(C)CC1NC(=O)c1cnc(NN)cn1. The van der Waals surface area contributed by atoms with Crippen LogP contribution in [-0.4, -0.2) is 21.9 Å². The maximum atomic E-state index is 11.7. The lowest BCUT2D eigenvalue weighted by Gasteiger charge is -2.06. The zero-order chi connectivity index (χ0) is 11.8. The lowest BCUT2D eigenvalue weighted by molar-refractivity contribution is 0.0941. The molecule has 6 heteroatoms. The minimum Gasteiger partial charge on any atom is -0.347 e. The molecule has 1 aromatic heterocycles. The standard InChI is InChI=1S/C10H15N5O/c1-10(2)3-7(10)14-9(16)6-4-13-8(15-11)5-12-6/h4-5,7H,3,11H2,1-2H3,(H,13,15)(H,14,16). The number of nitrogens with one attached hydrogen (secondary N) is 2. The van der Waals surface area contributed by atoms with Crippen LogP contribution in [0.5, 0.6) is 0 Å². The van der Waals surface area contributed by atoms with E-state index in [1.165, 1.54) is 12.4 Å². The molecule has 0 saturated heterocycles. The molecule has 0 spiro atoms. The van der Waals surface area contributed by atoms with Gasteiger partial charge in [-0.25, -0.2) is 15.8 Å². The maximum Gasteiger partial charge on any atom is 0.271 e. The first-order valence-electron chi connectivity index (χ1n) is 5.12. The van der Waals surface area contributed by atoms with Crippen molar-refractivity contribution in [1.29, 1.82) is 0 Å². The Hall–Kier alpha value is -1.69. The number of hydrazine groups is 1. The fraction of sp³-hybridized carbons (Fsp3) is 0.500. The average Bonchev–Trinajstić information content (AvgIpc) is 2.86. The van der Waals surface area contributed by atoms with Crippen molar-refractivity contribution in [2.75, 3.05) is 5.43 Å². The van der Waals surface area contributed by atoms with E-state index in [1.54, 1.807) is 0 Å². The summed E-state index contributed by atoms with van der Waals surface area (Å²) in [7, 11) is 0. The van der Waals surface area contributed by atoms with Crippen LogP contribution in [0.1, 0.15) is 30.8 Å². The molecule has 1 saturated carbocycles. The van der Waals surface area contributed by atoms with Gasteiger partial charge in [0.05, 0.1) is 12.4 Å². The molecular formula is C10H15N5O. The fourth-order valence-corrected chi connectivity index (χ4v) is 1.47. The molecule has 1 heterocycles. The van der Waals surface area contributed by atoms with E-state index in [4.69, 9.17) is 5.84 Å². The van der Waals surface area contributed by atoms with Crippen molar-refractivity contribution in [2.24, 2.45) is 11.3 Å². The molecule has 1 aliphatic rings. The number of nitrogens with zero attached hydrogens (tertiary/aromatic N) is 2. The number of nitrogen functional groups attached to an aromatic ring is 1. The van der Waals surface area contributed by atoms with Crippen LogP contribution in [0, 0.1) is 5.41 Å². The predicted molar refractivity (Wildman–Crippen MR) is 59.5 cm³/mol. The van der Waals surface area contributed by atoms with Gasteiger partial charge in [-0.2, -0.15) is 0 Å². The van der Waals surface area contributed by atoms with E-state index in [2.05, 4.69) is 34.6 Å². The number of hydrogen-bond donors (Lipinski definition) is 3. The first kappa shape index (κ1) is 10.8. The van der Waals surface area contributed by atoms with Gasteiger partial charge in [0, 0.05) is 6.04 Å². The summed E-state index contributed by atoms with van der Waals surface area (Å²) in [4.78, 5) is 19.6. The Labute approximate surface area is 93.6 Å². The Morgan fingerprint density at radius 3 is 2.62 bits per heavy atom. The molecule has 1 aromatic rings. The van der Waals surface area contributed by atoms with Gasteiger partial charge in [0.2, 0.25) is 0 Å². The summed E-state index contributed by atoms with van der Waals surface area (Å²) >= 11 is 0. The molecule has 16 heavy (non-hydrogen) atoms. The number of anilines is 1. The largest absolute Gasteiger partial charge is 0.347 e. The first-order valence-corrected chi connectivity index (χ1v) is 5.12. The summed E-state index contributed by atoms with van der Waals surface area (Å²) in [5, 5.41) is 2.90. The second kappa shape index (κ2) is 3.71. The Kier molecular flexibility index (Phi) is 2.51. The topological polar surface area (TPSA) is 92.9 Å². The molecule has 1 fully saturated rings. The summed E-state index contributed by atoms with van der Waals surface area (Å²) in [6.07, 6.45) is 3.83. The van der Waals surface area contributed by atoms with Gasteiger partial charge in [-0.15, -0.1) is 0 Å². The zero-order valence-corrected chi connectivity index (χ0v) is 9.32. The highest BCUT2D eigenvalue weighted by Crippen LogP contribution is 2.44. The van der Waals surface area contributed by atoms with E-state index < -0.39 is 0 Å². The summed E-state index contributed by atoms with van der Waals surface area (Å²) in [6.45, 7) is 4.23. The normalized spacial score (nSPS) is 21.3. The molecule has 0 bridgehead atoms. The third kappa shape index (κ3) is 2.11. The minimum absolute atomic E-state index is 0.188. The highest BCUT2D eigenvalue weighted by Gasteiger charge is 2.46. The number of rotatable bonds is 3. The number of aromatic nitrogens is 2. The van der Waals surface area contributed by atoms with Gasteiger partial charge < -0.3 is 10.7 Å². The smallest absolute Gasteiger partial charge is 0.271 e. The molecular weight excluding hydrogens is 206 g/mol. The molecule has 0 aromatic carbocycles. The number of carbonyl (C=O) groups is 1. The van der Waals surface area contributed by atoms with E-state index in [1.807, 2.05) is 0 Å². The number of amides is 1. The summed E-state index contributed by atoms with van der Waals surface area (Å²) < 4.78 is 0. The van der Waals surface area contributed by atoms with Crippen molar-refractivity contribution in [3.8, 4) is 0 Å². The van der Waals surface area contributed by atoms with E-state index in [9.17, 15) is 4.79 Å². The van der Waals surface area contributed by atoms with Crippen LogP contribution in [0.15, 0.2) is 12.4 Å². The Balaban J connectivity index is 1.99. The highest BCUT2D eigenvalue weighted by atomic mass is 16.2. The van der Waals surface area contributed by atoms with E-state index >= 15 is 0 Å². The van der Waals surface area contributed by atoms with Crippen LogP contribution in [0.3, 0.4) is 0 Å². The lowest BCUT2D eigenvalue weighted by Crippen LogP contribution is -2.29. The average molecular weight is 221 g/mol. The van der Waals surface area contributed by atoms with Crippen LogP contribution < -0.4 is 16.6 Å². The molecule has 0 radical (unpaired) electrons. The van der Waals surface area contributed by atoms with Gasteiger partial charge >= 0.3 is 0 Å². The van der Waals surface area contributed by atoms with Gasteiger partial charge in [-0.1, -0.05) is 13.8 Å². The summed E-state index contributed by atoms with van der Waals surface area (Å²) in [5.74, 6) is 5.39. The monoisotopic (exact) mass is 221 g/mol. The summed E-state index contributed by atoms with van der Waals surface area (Å²) in [6, 6.07) is 0.245. The van der Waals surface area contributed by atoms with Gasteiger partial charge in [0.25, 0.3) is 5.91 Å². The second-order valence-corrected chi connectivity index (χ2v) is 4.65. The van der Waals surface area contributed by atoms with Crippen molar-refractivity contribution in [3.63, 3.8) is 0 Å². The molecule has 2 rings (SSSR count). The predicted octanol–water partition coefficient (Wildman–Crippen LogP) is 0.290. The molecule has 4 N–H and O–H groups in total. The van der Waals surface area contributed by atoms with Gasteiger partial charge in [-0.3, -0.25) is 4.79 Å². The third-order valence-corrected chi connectivity index (χ3v) is 2.85. The molecule has 86 valence electrons. The molecule has 1 amide bonds. The summed E-state index contributed by atoms with van der Waals surface area (Å²) in [5.41, 5.74) is 2.87. The first-order chi connectivity index (χ1) is 7.53. The van der Waals surface area contributed by atoms with Crippen molar-refractivity contribution in [3.05, 3.63) is 18.1 Å². The molecule has 0 aliphatic heterocycles. The van der Waals surface area contributed by atoms with Crippen LogP contribution in [0.2, 0.25) is 0 Å². The van der Waals surface area contributed by atoms with Gasteiger partial charge in [-0.05, 0) is 11.8 Å². The van der Waals surface area contributed by atoms with Crippen molar-refractivity contribution in [1.82, 2.24) is 15.3 Å². The number of nitrogens with two attached hydrogens (primary N) is 1. The van der Waals surface area contributed by atoms with Gasteiger partial charge in [0.15, 0.2) is 5.82 Å². The van der Waals surface area contributed by atoms with Crippen molar-refractivity contribution in [2.45, 2.75) is 26.3 Å². The third-order valence-electron chi connectivity index (χ3n) is 2.85. The quantitative estimate of drug-likeness (QED) is 0.504. The van der Waals surface area contributed by atoms with Crippen molar-refractivity contribution < 1.29 is 4.79 Å². The molecule has 1 unspecified atom stereocenters. The van der Waals surface area contributed by atoms with Crippen LogP contribution in [0.4, 0.5) is 5.82 Å². The Bertz CT molecular complexity index is 400. The zero-order valence-electron chi connectivity index (χ0n) is 9.32. The Morgan fingerprint density at radius 2 is 2.19 bits per heavy atom. The number of carbonyl (C=O) groups excluding carboxylic acids is 1. The van der Waals surface area contributed by atoms with Crippen LogP contribution in [0.25, 0.3) is 0 Å². The number of hydrogen-bond acceptors (Lipinski definition) is 5. The van der Waals surface area contributed by atoms with Crippen LogP contribution in [-0.2, 0) is 0 Å². The minimum atomic E-state index is -0.188.